The van der Waals surface area contributed by atoms with Gasteiger partial charge in [0, 0.05) is 32.7 Å². The van der Waals surface area contributed by atoms with E-state index in [0.29, 0.717) is 18.8 Å². The Labute approximate surface area is 171 Å². The molecule has 2 N–H and O–H groups in total. The minimum Gasteiger partial charge on any atom is -0.497 e. The van der Waals surface area contributed by atoms with Crippen molar-refractivity contribution in [3.05, 3.63) is 59.9 Å². The molecule has 0 radical (unpaired) electrons. The summed E-state index contributed by atoms with van der Waals surface area (Å²) in [6, 6.07) is 14.2. The second-order valence-electron chi connectivity index (χ2n) is 6.91. The molecule has 1 heterocycles. The molecule has 7 heteroatoms. The van der Waals surface area contributed by atoms with E-state index < -0.39 is 6.10 Å². The molecular weight excluding hydrogens is 371 g/mol. The average Bonchev–Trinajstić information content (AvgIpc) is 2.77. The van der Waals surface area contributed by atoms with Crippen LogP contribution in [0, 0.1) is 5.82 Å². The van der Waals surface area contributed by atoms with Crippen molar-refractivity contribution in [2.75, 3.05) is 51.3 Å². The summed E-state index contributed by atoms with van der Waals surface area (Å²) in [7, 11) is 1.62. The van der Waals surface area contributed by atoms with E-state index in [1.54, 1.807) is 13.2 Å². The smallest absolute Gasteiger partial charge is 0.194 e. The first-order valence-corrected chi connectivity index (χ1v) is 9.97. The predicted octanol–water partition coefficient (Wildman–Crippen LogP) is 2.66. The topological polar surface area (TPSA) is 60.3 Å². The fourth-order valence-electron chi connectivity index (χ4n) is 3.40. The van der Waals surface area contributed by atoms with Gasteiger partial charge in [0.05, 0.1) is 25.4 Å². The lowest BCUT2D eigenvalue weighted by atomic mass is 10.1. The quantitative estimate of drug-likeness (QED) is 0.577. The molecule has 1 aliphatic rings. The van der Waals surface area contributed by atoms with Crippen LogP contribution < -0.4 is 15.0 Å². The molecule has 0 amide bonds. The number of aliphatic hydroxyl groups excluding tert-OH is 1. The first-order valence-electron chi connectivity index (χ1n) is 9.97. The Bertz CT molecular complexity index is 805. The molecule has 1 fully saturated rings. The standard InChI is InChI=1S/C22H29FN4O2/c1-3-24-22(25-16-21(28)17-8-10-18(29-2)11-9-17)27-14-12-26(13-15-27)20-7-5-4-6-19(20)23/h4-11,21,28H,3,12-16H2,1-2H3,(H,24,25). The Hall–Kier alpha value is -2.80. The summed E-state index contributed by atoms with van der Waals surface area (Å²) in [5, 5.41) is 13.8. The molecule has 156 valence electrons. The number of nitrogens with one attached hydrogen (secondary N) is 1. The molecule has 0 bridgehead atoms. The molecule has 1 unspecified atom stereocenters. The number of hydrogen-bond acceptors (Lipinski definition) is 4. The molecule has 2 aromatic carbocycles. The third-order valence-corrected chi connectivity index (χ3v) is 5.02. The number of piperazine rings is 1. The highest BCUT2D eigenvalue weighted by Gasteiger charge is 2.21. The number of anilines is 1. The van der Waals surface area contributed by atoms with E-state index in [0.717, 1.165) is 36.9 Å². The normalized spacial score (nSPS) is 15.9. The van der Waals surface area contributed by atoms with E-state index >= 15 is 0 Å². The third kappa shape index (κ3) is 5.38. The lowest BCUT2D eigenvalue weighted by Gasteiger charge is -2.37. The fourth-order valence-corrected chi connectivity index (χ4v) is 3.40. The molecule has 29 heavy (non-hydrogen) atoms. The van der Waals surface area contributed by atoms with Gasteiger partial charge in [-0.25, -0.2) is 4.39 Å². The van der Waals surface area contributed by atoms with E-state index in [9.17, 15) is 9.50 Å². The number of aliphatic hydroxyl groups is 1. The number of aliphatic imine (C=N–C) groups is 1. The number of nitrogens with zero attached hydrogens (tertiary/aromatic N) is 3. The number of methoxy groups -OCH3 is 1. The zero-order chi connectivity index (χ0) is 20.6. The van der Waals surface area contributed by atoms with Gasteiger partial charge < -0.3 is 25.0 Å². The van der Waals surface area contributed by atoms with Crippen molar-refractivity contribution >= 4 is 11.6 Å². The summed E-state index contributed by atoms with van der Waals surface area (Å²) in [5.41, 5.74) is 1.44. The molecule has 0 spiro atoms. The zero-order valence-electron chi connectivity index (χ0n) is 17.0. The predicted molar refractivity (Wildman–Crippen MR) is 114 cm³/mol. The Balaban J connectivity index is 1.61. The van der Waals surface area contributed by atoms with Crippen molar-refractivity contribution in [2.24, 2.45) is 4.99 Å². The van der Waals surface area contributed by atoms with Gasteiger partial charge >= 0.3 is 0 Å². The molecule has 0 saturated carbocycles. The van der Waals surface area contributed by atoms with Gasteiger partial charge in [-0.05, 0) is 36.8 Å². The average molecular weight is 400 g/mol. The van der Waals surface area contributed by atoms with Crippen molar-refractivity contribution in [3.63, 3.8) is 0 Å². The van der Waals surface area contributed by atoms with Crippen molar-refractivity contribution in [1.82, 2.24) is 10.2 Å². The SMILES string of the molecule is CCNC(=NCC(O)c1ccc(OC)cc1)N1CCN(c2ccccc2F)CC1. The summed E-state index contributed by atoms with van der Waals surface area (Å²) < 4.78 is 19.2. The number of ether oxygens (including phenoxy) is 1. The number of hydrogen-bond donors (Lipinski definition) is 2. The largest absolute Gasteiger partial charge is 0.497 e. The Morgan fingerprint density at radius 3 is 2.45 bits per heavy atom. The van der Waals surface area contributed by atoms with Crippen LogP contribution in [-0.4, -0.2) is 62.3 Å². The Morgan fingerprint density at radius 1 is 1.14 bits per heavy atom. The van der Waals surface area contributed by atoms with E-state index in [1.165, 1.54) is 6.07 Å². The minimum absolute atomic E-state index is 0.191. The second kappa shape index (κ2) is 10.1. The third-order valence-electron chi connectivity index (χ3n) is 5.02. The van der Waals surface area contributed by atoms with Gasteiger partial charge in [-0.3, -0.25) is 4.99 Å². The Kier molecular flexibility index (Phi) is 7.30. The monoisotopic (exact) mass is 400 g/mol. The van der Waals surface area contributed by atoms with E-state index in [-0.39, 0.29) is 12.4 Å². The van der Waals surface area contributed by atoms with Crippen molar-refractivity contribution in [1.29, 1.82) is 0 Å². The van der Waals surface area contributed by atoms with Crippen LogP contribution in [0.3, 0.4) is 0 Å². The number of guanidine groups is 1. The zero-order valence-corrected chi connectivity index (χ0v) is 17.0. The molecule has 1 saturated heterocycles. The van der Waals surface area contributed by atoms with Crippen LogP contribution in [0.25, 0.3) is 0 Å². The maximum atomic E-state index is 14.0. The van der Waals surface area contributed by atoms with Crippen LogP contribution >= 0.6 is 0 Å². The summed E-state index contributed by atoms with van der Waals surface area (Å²) in [6.45, 7) is 5.93. The molecule has 1 aliphatic heterocycles. The fraction of sp³-hybridized carbons (Fsp3) is 0.409. The number of halogens is 1. The molecule has 1 atom stereocenters. The first-order chi connectivity index (χ1) is 14.1. The van der Waals surface area contributed by atoms with Gasteiger partial charge in [0.15, 0.2) is 5.96 Å². The molecule has 2 aromatic rings. The van der Waals surface area contributed by atoms with Crippen LogP contribution in [-0.2, 0) is 0 Å². The van der Waals surface area contributed by atoms with Crippen LogP contribution in [0.15, 0.2) is 53.5 Å². The summed E-state index contributed by atoms with van der Waals surface area (Å²) in [6.07, 6.45) is -0.686. The Morgan fingerprint density at radius 2 is 1.83 bits per heavy atom. The van der Waals surface area contributed by atoms with Crippen molar-refractivity contribution < 1.29 is 14.2 Å². The molecule has 6 nitrogen and oxygen atoms in total. The second-order valence-corrected chi connectivity index (χ2v) is 6.91. The number of benzene rings is 2. The van der Waals surface area contributed by atoms with E-state index in [1.807, 2.05) is 43.3 Å². The summed E-state index contributed by atoms with van der Waals surface area (Å²) >= 11 is 0. The molecule has 0 aromatic heterocycles. The van der Waals surface area contributed by atoms with Gasteiger partial charge in [-0.2, -0.15) is 0 Å². The van der Waals surface area contributed by atoms with E-state index in [2.05, 4.69) is 20.1 Å². The maximum absolute atomic E-state index is 14.0. The lowest BCUT2D eigenvalue weighted by Crippen LogP contribution is -2.52. The van der Waals surface area contributed by atoms with Gasteiger partial charge in [0.25, 0.3) is 0 Å². The van der Waals surface area contributed by atoms with Gasteiger partial charge in [-0.1, -0.05) is 24.3 Å². The molecule has 0 aliphatic carbocycles. The highest BCUT2D eigenvalue weighted by molar-refractivity contribution is 5.80. The van der Waals surface area contributed by atoms with Crippen LogP contribution in [0.5, 0.6) is 5.75 Å². The minimum atomic E-state index is -0.686. The van der Waals surface area contributed by atoms with Crippen molar-refractivity contribution in [3.8, 4) is 5.75 Å². The maximum Gasteiger partial charge on any atom is 0.194 e. The highest BCUT2D eigenvalue weighted by atomic mass is 19.1. The summed E-state index contributed by atoms with van der Waals surface area (Å²) in [4.78, 5) is 8.84. The molecular formula is C22H29FN4O2. The highest BCUT2D eigenvalue weighted by Crippen LogP contribution is 2.21. The molecule has 3 rings (SSSR count). The number of rotatable bonds is 6. The van der Waals surface area contributed by atoms with Crippen LogP contribution in [0.4, 0.5) is 10.1 Å². The van der Waals surface area contributed by atoms with Gasteiger partial charge in [-0.15, -0.1) is 0 Å². The van der Waals surface area contributed by atoms with Gasteiger partial charge in [0.1, 0.15) is 11.6 Å². The van der Waals surface area contributed by atoms with Crippen LogP contribution in [0.1, 0.15) is 18.6 Å². The van der Waals surface area contributed by atoms with Crippen molar-refractivity contribution in [2.45, 2.75) is 13.0 Å². The summed E-state index contributed by atoms with van der Waals surface area (Å²) in [5.74, 6) is 1.34. The van der Waals surface area contributed by atoms with Crippen LogP contribution in [0.2, 0.25) is 0 Å². The van der Waals surface area contributed by atoms with E-state index in [4.69, 9.17) is 4.74 Å². The first kappa shape index (κ1) is 20.9. The lowest BCUT2D eigenvalue weighted by molar-refractivity contribution is 0.186. The van der Waals surface area contributed by atoms with Gasteiger partial charge in [0.2, 0.25) is 0 Å². The number of para-hydroxylation sites is 1.